The fourth-order valence-electron chi connectivity index (χ4n) is 5.11. The largest absolute Gasteiger partial charge is 0.379 e. The summed E-state index contributed by atoms with van der Waals surface area (Å²) in [4.78, 5) is 39.3. The zero-order chi connectivity index (χ0) is 24.8. The van der Waals surface area contributed by atoms with Crippen LogP contribution in [-0.4, -0.2) is 74.2 Å². The number of rotatable bonds is 10. The van der Waals surface area contributed by atoms with Gasteiger partial charge < -0.3 is 15.4 Å². The van der Waals surface area contributed by atoms with E-state index >= 15 is 0 Å². The van der Waals surface area contributed by atoms with Gasteiger partial charge in [0.1, 0.15) is 5.54 Å². The molecule has 0 aromatic rings. The number of hydrogen-bond acceptors (Lipinski definition) is 6. The monoisotopic (exact) mass is 500 g/mol. The first-order chi connectivity index (χ1) is 16.1. The van der Waals surface area contributed by atoms with Crippen molar-refractivity contribution in [3.63, 3.8) is 0 Å². The van der Waals surface area contributed by atoms with Crippen LogP contribution < -0.4 is 15.4 Å². The molecular formula is C23H40N4O6S. The van der Waals surface area contributed by atoms with Crippen molar-refractivity contribution in [1.82, 2.24) is 19.7 Å². The van der Waals surface area contributed by atoms with Crippen LogP contribution in [0.3, 0.4) is 0 Å². The molecule has 0 spiro atoms. The van der Waals surface area contributed by atoms with Crippen molar-refractivity contribution < 1.29 is 27.5 Å². The number of ether oxygens (including phenoxy) is 1. The van der Waals surface area contributed by atoms with Gasteiger partial charge in [0.25, 0.3) is 16.1 Å². The Kier molecular flexibility index (Phi) is 9.48. The van der Waals surface area contributed by atoms with Crippen LogP contribution in [-0.2, 0) is 29.3 Å². The van der Waals surface area contributed by atoms with Gasteiger partial charge in [0, 0.05) is 19.1 Å². The minimum atomic E-state index is -3.92. The summed E-state index contributed by atoms with van der Waals surface area (Å²) in [5.41, 5.74) is -1.34. The quantitative estimate of drug-likeness (QED) is 0.384. The maximum atomic E-state index is 13.6. The molecule has 3 N–H and O–H groups in total. The summed E-state index contributed by atoms with van der Waals surface area (Å²) < 4.78 is 35.5. The zero-order valence-corrected chi connectivity index (χ0v) is 21.3. The summed E-state index contributed by atoms with van der Waals surface area (Å²) in [6.07, 6.45) is 7.06. The van der Waals surface area contributed by atoms with Gasteiger partial charge in [0.15, 0.2) is 0 Å². The third kappa shape index (κ3) is 6.99. The predicted molar refractivity (Wildman–Crippen MR) is 127 cm³/mol. The molecule has 10 nitrogen and oxygen atoms in total. The number of nitrogens with one attached hydrogen (secondary N) is 3. The molecule has 1 unspecified atom stereocenters. The third-order valence-electron chi connectivity index (χ3n) is 7.02. The average Bonchev–Trinajstić information content (AvgIpc) is 3.31. The smallest absolute Gasteiger partial charge is 0.289 e. The Morgan fingerprint density at radius 3 is 2.21 bits per heavy atom. The maximum absolute atomic E-state index is 13.6. The molecular weight excluding hydrogens is 460 g/mol. The summed E-state index contributed by atoms with van der Waals surface area (Å²) in [7, 11) is -3.92. The molecule has 0 aromatic carbocycles. The molecule has 1 atom stereocenters. The number of morpholine rings is 1. The second-order valence-electron chi connectivity index (χ2n) is 10.2. The van der Waals surface area contributed by atoms with E-state index in [-0.39, 0.29) is 25.0 Å². The fraction of sp³-hybridized carbons (Fsp3) is 0.870. The molecule has 1 saturated heterocycles. The van der Waals surface area contributed by atoms with Gasteiger partial charge in [-0.15, -0.1) is 0 Å². The van der Waals surface area contributed by atoms with E-state index in [1.165, 1.54) is 4.31 Å². The van der Waals surface area contributed by atoms with Crippen molar-refractivity contribution in [1.29, 1.82) is 0 Å². The predicted octanol–water partition coefficient (Wildman–Crippen LogP) is 1.01. The van der Waals surface area contributed by atoms with Gasteiger partial charge >= 0.3 is 0 Å². The Morgan fingerprint density at radius 1 is 1.00 bits per heavy atom. The highest BCUT2D eigenvalue weighted by molar-refractivity contribution is 7.87. The van der Waals surface area contributed by atoms with Crippen molar-refractivity contribution in [3.05, 3.63) is 0 Å². The lowest BCUT2D eigenvalue weighted by molar-refractivity contribution is -0.141. The minimum absolute atomic E-state index is 0.00290. The molecule has 34 heavy (non-hydrogen) atoms. The Balaban J connectivity index is 1.75. The third-order valence-corrected chi connectivity index (χ3v) is 8.71. The van der Waals surface area contributed by atoms with E-state index in [0.717, 1.165) is 32.1 Å². The number of ketones is 1. The van der Waals surface area contributed by atoms with E-state index in [0.29, 0.717) is 45.3 Å². The van der Waals surface area contributed by atoms with Crippen molar-refractivity contribution in [3.8, 4) is 0 Å². The van der Waals surface area contributed by atoms with Crippen molar-refractivity contribution >= 4 is 27.8 Å². The second kappa shape index (κ2) is 11.9. The fourth-order valence-corrected chi connectivity index (χ4v) is 6.66. The van der Waals surface area contributed by atoms with E-state index in [9.17, 15) is 22.8 Å². The Hall–Kier alpha value is -1.56. The van der Waals surface area contributed by atoms with Gasteiger partial charge in [-0.3, -0.25) is 14.4 Å². The van der Waals surface area contributed by atoms with Crippen LogP contribution in [0.4, 0.5) is 0 Å². The molecule has 11 heteroatoms. The normalized spacial score (nSPS) is 22.9. The highest BCUT2D eigenvalue weighted by Gasteiger charge is 2.45. The number of carbonyl (C=O) groups excluding carboxylic acids is 3. The number of Topliss-reactive ketones (excluding diaryl/α,β-unsaturated/α-hetero) is 1. The Morgan fingerprint density at radius 2 is 1.62 bits per heavy atom. The zero-order valence-electron chi connectivity index (χ0n) is 20.4. The van der Waals surface area contributed by atoms with Crippen molar-refractivity contribution in [2.24, 2.45) is 5.92 Å². The average molecular weight is 501 g/mol. The topological polar surface area (TPSA) is 134 Å². The SMILES string of the molecule is CC(C)CC(NC(=O)C1(NS(=O)(=O)N2CCOCC2)CCCCC1)C(=O)C(=O)NC1CCCC1. The molecule has 0 aromatic heterocycles. The summed E-state index contributed by atoms with van der Waals surface area (Å²) >= 11 is 0. The first-order valence-corrected chi connectivity index (χ1v) is 14.1. The van der Waals surface area contributed by atoms with E-state index in [1.54, 1.807) is 0 Å². The summed E-state index contributed by atoms with van der Waals surface area (Å²) in [6.45, 7) is 4.89. The second-order valence-corrected chi connectivity index (χ2v) is 11.9. The van der Waals surface area contributed by atoms with E-state index < -0.39 is 39.4 Å². The number of amides is 2. The van der Waals surface area contributed by atoms with Crippen LogP contribution in [0, 0.1) is 5.92 Å². The molecule has 2 amide bonds. The minimum Gasteiger partial charge on any atom is -0.379 e. The van der Waals surface area contributed by atoms with Crippen molar-refractivity contribution in [2.45, 2.75) is 95.7 Å². The van der Waals surface area contributed by atoms with Gasteiger partial charge in [0.2, 0.25) is 11.7 Å². The molecule has 3 fully saturated rings. The van der Waals surface area contributed by atoms with Crippen LogP contribution in [0.15, 0.2) is 0 Å². The van der Waals surface area contributed by atoms with E-state index in [2.05, 4.69) is 15.4 Å². The summed E-state index contributed by atoms with van der Waals surface area (Å²) in [5, 5.41) is 5.58. The van der Waals surface area contributed by atoms with Crippen LogP contribution >= 0.6 is 0 Å². The molecule has 1 heterocycles. The molecule has 0 radical (unpaired) electrons. The van der Waals surface area contributed by atoms with Gasteiger partial charge in [-0.25, -0.2) is 0 Å². The van der Waals surface area contributed by atoms with Crippen LogP contribution in [0.25, 0.3) is 0 Å². The number of hydrogen-bond donors (Lipinski definition) is 3. The number of nitrogens with zero attached hydrogens (tertiary/aromatic N) is 1. The van der Waals surface area contributed by atoms with Crippen LogP contribution in [0.1, 0.15) is 78.1 Å². The lowest BCUT2D eigenvalue weighted by Gasteiger charge is -2.39. The molecule has 0 bridgehead atoms. The molecule has 1 aliphatic heterocycles. The van der Waals surface area contributed by atoms with E-state index in [1.807, 2.05) is 13.8 Å². The summed E-state index contributed by atoms with van der Waals surface area (Å²) in [5.74, 6) is -1.82. The van der Waals surface area contributed by atoms with Gasteiger partial charge in [-0.1, -0.05) is 46.0 Å². The molecule has 3 rings (SSSR count). The van der Waals surface area contributed by atoms with Gasteiger partial charge in [-0.2, -0.15) is 17.4 Å². The molecule has 194 valence electrons. The molecule has 2 saturated carbocycles. The molecule has 3 aliphatic rings. The maximum Gasteiger partial charge on any atom is 0.289 e. The van der Waals surface area contributed by atoms with E-state index in [4.69, 9.17) is 4.74 Å². The standard InChI is InChI=1S/C23H40N4O6S/c1-17(2)16-19(20(28)21(29)24-18-8-4-5-9-18)25-22(30)23(10-6-3-7-11-23)26-34(31,32)27-12-14-33-15-13-27/h17-19,26H,3-16H2,1-2H3,(H,24,29)(H,25,30). The van der Waals surface area contributed by atoms with Crippen LogP contribution in [0.2, 0.25) is 0 Å². The highest BCUT2D eigenvalue weighted by atomic mass is 32.2. The highest BCUT2D eigenvalue weighted by Crippen LogP contribution is 2.30. The van der Waals surface area contributed by atoms with Crippen LogP contribution in [0.5, 0.6) is 0 Å². The van der Waals surface area contributed by atoms with Gasteiger partial charge in [-0.05, 0) is 38.0 Å². The van der Waals surface area contributed by atoms with Gasteiger partial charge in [0.05, 0.1) is 19.3 Å². The lowest BCUT2D eigenvalue weighted by Crippen LogP contribution is -2.64. The first kappa shape index (κ1) is 27.0. The molecule has 2 aliphatic carbocycles. The summed E-state index contributed by atoms with van der Waals surface area (Å²) in [6, 6.07) is -1.00. The lowest BCUT2D eigenvalue weighted by atomic mass is 9.81. The first-order valence-electron chi connectivity index (χ1n) is 12.7. The Labute approximate surface area is 203 Å². The number of carbonyl (C=O) groups is 3. The Bertz CT molecular complexity index is 828. The van der Waals surface area contributed by atoms with Crippen molar-refractivity contribution in [2.75, 3.05) is 26.3 Å².